The summed E-state index contributed by atoms with van der Waals surface area (Å²) >= 11 is 0. The van der Waals surface area contributed by atoms with Crippen molar-refractivity contribution in [2.75, 3.05) is 13.2 Å². The topological polar surface area (TPSA) is 78.9 Å². The lowest BCUT2D eigenvalue weighted by atomic mass is 10.0. The minimum Gasteiger partial charge on any atom is -0.462 e. The first kappa shape index (κ1) is 56.9. The molecule has 1 unspecified atom stereocenters. The fourth-order valence-electron chi connectivity index (χ4n) is 7.60. The normalized spacial score (nSPS) is 12.1. The standard InChI is InChI=1S/C53H98O6/c1-4-7-10-13-16-19-22-25-26-27-28-29-32-34-37-40-43-46-52(55)58-49-50(59-53(56)47-44-41-38-35-31-24-21-18-15-12-9-6-3)48-57-51(54)45-42-39-36-33-30-23-20-17-14-11-8-5-2/h9,12,18,21,50H,4-8,10-11,13-17,19-20,22-49H2,1-3H3/b12-9-,21-18-. The van der Waals surface area contributed by atoms with Crippen LogP contribution in [0.3, 0.4) is 0 Å². The second kappa shape index (κ2) is 48.6. The summed E-state index contributed by atoms with van der Waals surface area (Å²) in [6.07, 6.45) is 54.5. The first-order valence-electron chi connectivity index (χ1n) is 25.8. The third kappa shape index (κ3) is 46.8. The molecule has 0 saturated carbocycles. The van der Waals surface area contributed by atoms with Crippen molar-refractivity contribution in [3.63, 3.8) is 0 Å². The monoisotopic (exact) mass is 831 g/mol. The zero-order valence-electron chi connectivity index (χ0n) is 39.5. The highest BCUT2D eigenvalue weighted by Gasteiger charge is 2.19. The Labute approximate surface area is 366 Å². The number of carbonyl (C=O) groups excluding carboxylic acids is 3. The summed E-state index contributed by atoms with van der Waals surface area (Å²) in [5.41, 5.74) is 0. The average Bonchev–Trinajstić information content (AvgIpc) is 3.23. The molecule has 0 aromatic rings. The molecule has 59 heavy (non-hydrogen) atoms. The molecule has 0 radical (unpaired) electrons. The molecule has 0 fully saturated rings. The smallest absolute Gasteiger partial charge is 0.306 e. The Morgan fingerprint density at radius 3 is 1.02 bits per heavy atom. The molecule has 0 N–H and O–H groups in total. The Morgan fingerprint density at radius 2 is 0.661 bits per heavy atom. The zero-order chi connectivity index (χ0) is 43.0. The first-order chi connectivity index (χ1) is 29.0. The predicted molar refractivity (Wildman–Crippen MR) is 252 cm³/mol. The summed E-state index contributed by atoms with van der Waals surface area (Å²) in [4.78, 5) is 37.9. The summed E-state index contributed by atoms with van der Waals surface area (Å²) in [5, 5.41) is 0. The van der Waals surface area contributed by atoms with E-state index in [1.54, 1.807) is 0 Å². The maximum atomic E-state index is 12.8. The van der Waals surface area contributed by atoms with E-state index in [0.717, 1.165) is 89.9 Å². The Bertz CT molecular complexity index is 958. The molecule has 0 spiro atoms. The van der Waals surface area contributed by atoms with E-state index in [4.69, 9.17) is 14.2 Å². The van der Waals surface area contributed by atoms with Crippen molar-refractivity contribution in [1.29, 1.82) is 0 Å². The number of unbranched alkanes of at least 4 members (excludes halogenated alkanes) is 32. The number of carbonyl (C=O) groups is 3. The Hall–Kier alpha value is -2.11. The van der Waals surface area contributed by atoms with E-state index in [0.29, 0.717) is 19.3 Å². The van der Waals surface area contributed by atoms with Gasteiger partial charge in [0.15, 0.2) is 6.10 Å². The van der Waals surface area contributed by atoms with Gasteiger partial charge in [0.05, 0.1) is 0 Å². The molecule has 6 heteroatoms. The van der Waals surface area contributed by atoms with Crippen LogP contribution >= 0.6 is 0 Å². The molecule has 0 bridgehead atoms. The summed E-state index contributed by atoms with van der Waals surface area (Å²) in [7, 11) is 0. The molecule has 0 heterocycles. The van der Waals surface area contributed by atoms with Gasteiger partial charge in [-0.2, -0.15) is 0 Å². The Kier molecular flexibility index (Phi) is 46.8. The molecular formula is C53H98O6. The number of allylic oxidation sites excluding steroid dienone is 4. The van der Waals surface area contributed by atoms with Crippen LogP contribution < -0.4 is 0 Å². The van der Waals surface area contributed by atoms with Crippen molar-refractivity contribution in [3.8, 4) is 0 Å². The maximum Gasteiger partial charge on any atom is 0.306 e. The van der Waals surface area contributed by atoms with Crippen LogP contribution in [0.2, 0.25) is 0 Å². The van der Waals surface area contributed by atoms with E-state index >= 15 is 0 Å². The van der Waals surface area contributed by atoms with Crippen molar-refractivity contribution in [2.45, 2.75) is 284 Å². The van der Waals surface area contributed by atoms with Crippen molar-refractivity contribution < 1.29 is 28.6 Å². The van der Waals surface area contributed by atoms with Crippen LogP contribution in [0.15, 0.2) is 24.3 Å². The van der Waals surface area contributed by atoms with Crippen LogP contribution in [-0.4, -0.2) is 37.2 Å². The molecule has 0 aliphatic carbocycles. The third-order valence-corrected chi connectivity index (χ3v) is 11.5. The van der Waals surface area contributed by atoms with Gasteiger partial charge in [0.25, 0.3) is 0 Å². The SMILES string of the molecule is CC/C=C\C/C=C\CCCCCCCC(=O)OC(COC(=O)CCCCCCCCCCCCCC)COC(=O)CCCCCCCCCCCCCCCCCCC. The second-order valence-corrected chi connectivity index (χ2v) is 17.4. The van der Waals surface area contributed by atoms with Gasteiger partial charge in [-0.15, -0.1) is 0 Å². The van der Waals surface area contributed by atoms with Crippen LogP contribution in [0.25, 0.3) is 0 Å². The highest BCUT2D eigenvalue weighted by atomic mass is 16.6. The average molecular weight is 831 g/mol. The molecular weight excluding hydrogens is 733 g/mol. The number of hydrogen-bond donors (Lipinski definition) is 0. The number of ether oxygens (including phenoxy) is 3. The quantitative estimate of drug-likeness (QED) is 0.0263. The van der Waals surface area contributed by atoms with E-state index < -0.39 is 6.10 Å². The molecule has 6 nitrogen and oxygen atoms in total. The fourth-order valence-corrected chi connectivity index (χ4v) is 7.60. The van der Waals surface area contributed by atoms with Gasteiger partial charge in [-0.3, -0.25) is 14.4 Å². The molecule has 0 amide bonds. The molecule has 0 saturated heterocycles. The summed E-state index contributed by atoms with van der Waals surface area (Å²) in [6.45, 7) is 6.54. The zero-order valence-corrected chi connectivity index (χ0v) is 39.5. The van der Waals surface area contributed by atoms with Crippen LogP contribution in [-0.2, 0) is 28.6 Å². The minimum atomic E-state index is -0.771. The van der Waals surface area contributed by atoms with Gasteiger partial charge in [0.2, 0.25) is 0 Å². The molecule has 0 rings (SSSR count). The van der Waals surface area contributed by atoms with Crippen molar-refractivity contribution in [1.82, 2.24) is 0 Å². The van der Waals surface area contributed by atoms with Gasteiger partial charge in [0.1, 0.15) is 13.2 Å². The van der Waals surface area contributed by atoms with Gasteiger partial charge in [0, 0.05) is 19.3 Å². The van der Waals surface area contributed by atoms with E-state index in [1.807, 2.05) is 0 Å². The first-order valence-corrected chi connectivity index (χ1v) is 25.8. The molecule has 0 aliphatic heterocycles. The Balaban J connectivity index is 4.30. The van der Waals surface area contributed by atoms with Crippen LogP contribution in [0, 0.1) is 0 Å². The van der Waals surface area contributed by atoms with E-state index in [2.05, 4.69) is 45.1 Å². The lowest BCUT2D eigenvalue weighted by molar-refractivity contribution is -0.167. The summed E-state index contributed by atoms with van der Waals surface area (Å²) in [6, 6.07) is 0. The van der Waals surface area contributed by atoms with E-state index in [1.165, 1.54) is 148 Å². The van der Waals surface area contributed by atoms with Gasteiger partial charge in [-0.25, -0.2) is 0 Å². The van der Waals surface area contributed by atoms with E-state index in [9.17, 15) is 14.4 Å². The number of esters is 3. The highest BCUT2D eigenvalue weighted by molar-refractivity contribution is 5.71. The molecule has 0 aromatic heterocycles. The molecule has 1 atom stereocenters. The van der Waals surface area contributed by atoms with Crippen molar-refractivity contribution >= 4 is 17.9 Å². The number of rotatable bonds is 47. The van der Waals surface area contributed by atoms with Gasteiger partial charge in [-0.05, 0) is 44.9 Å². The van der Waals surface area contributed by atoms with Gasteiger partial charge >= 0.3 is 17.9 Å². The minimum absolute atomic E-state index is 0.0723. The van der Waals surface area contributed by atoms with Crippen molar-refractivity contribution in [2.24, 2.45) is 0 Å². The summed E-state index contributed by atoms with van der Waals surface area (Å²) in [5.74, 6) is -0.874. The van der Waals surface area contributed by atoms with Gasteiger partial charge < -0.3 is 14.2 Å². The predicted octanol–water partition coefficient (Wildman–Crippen LogP) is 16.8. The van der Waals surface area contributed by atoms with Crippen LogP contribution in [0.1, 0.15) is 278 Å². The lowest BCUT2D eigenvalue weighted by Crippen LogP contribution is -2.30. The third-order valence-electron chi connectivity index (χ3n) is 11.5. The van der Waals surface area contributed by atoms with Crippen LogP contribution in [0.5, 0.6) is 0 Å². The van der Waals surface area contributed by atoms with Crippen molar-refractivity contribution in [3.05, 3.63) is 24.3 Å². The Morgan fingerprint density at radius 1 is 0.356 bits per heavy atom. The summed E-state index contributed by atoms with van der Waals surface area (Å²) < 4.78 is 16.8. The second-order valence-electron chi connectivity index (χ2n) is 17.4. The van der Waals surface area contributed by atoms with Gasteiger partial charge in [-0.1, -0.05) is 238 Å². The van der Waals surface area contributed by atoms with Crippen LogP contribution in [0.4, 0.5) is 0 Å². The highest BCUT2D eigenvalue weighted by Crippen LogP contribution is 2.16. The fraction of sp³-hybridized carbons (Fsp3) is 0.868. The van der Waals surface area contributed by atoms with E-state index in [-0.39, 0.29) is 31.1 Å². The molecule has 0 aliphatic rings. The molecule has 346 valence electrons. The lowest BCUT2D eigenvalue weighted by Gasteiger charge is -2.18. The maximum absolute atomic E-state index is 12.8. The number of hydrogen-bond acceptors (Lipinski definition) is 6. The molecule has 0 aromatic carbocycles. The largest absolute Gasteiger partial charge is 0.462 e.